The molecule has 1 fully saturated rings. The van der Waals surface area contributed by atoms with E-state index in [-0.39, 0.29) is 10.9 Å². The monoisotopic (exact) mass is 333 g/mol. The van der Waals surface area contributed by atoms with Gasteiger partial charge in [0.1, 0.15) is 5.54 Å². The lowest BCUT2D eigenvalue weighted by molar-refractivity contribution is -0.121. The second-order valence-corrected chi connectivity index (χ2v) is 5.90. The summed E-state index contributed by atoms with van der Waals surface area (Å²) in [6.45, 7) is 1.67. The smallest absolute Gasteiger partial charge is 0.319 e. The van der Waals surface area contributed by atoms with Crippen molar-refractivity contribution in [1.29, 1.82) is 0 Å². The molecule has 111 valence electrons. The molecule has 0 spiro atoms. The maximum absolute atomic E-state index is 12.8. The van der Waals surface area contributed by atoms with Crippen LogP contribution in [0, 0.1) is 6.07 Å². The van der Waals surface area contributed by atoms with Crippen molar-refractivity contribution in [2.75, 3.05) is 4.90 Å². The maximum atomic E-state index is 12.8. The van der Waals surface area contributed by atoms with Gasteiger partial charge in [-0.25, -0.2) is 9.69 Å². The van der Waals surface area contributed by atoms with Crippen LogP contribution in [0.15, 0.2) is 42.5 Å². The first kappa shape index (κ1) is 14.9. The van der Waals surface area contributed by atoms with Crippen molar-refractivity contribution in [3.8, 4) is 0 Å². The van der Waals surface area contributed by atoms with E-state index < -0.39 is 11.6 Å². The highest BCUT2D eigenvalue weighted by Gasteiger charge is 2.49. The molecular weight excluding hydrogens is 323 g/mol. The number of nitrogens with one attached hydrogen (secondary N) is 1. The van der Waals surface area contributed by atoms with E-state index in [1.807, 2.05) is 0 Å². The zero-order valence-corrected chi connectivity index (χ0v) is 13.1. The van der Waals surface area contributed by atoms with Gasteiger partial charge in [-0.1, -0.05) is 47.5 Å². The van der Waals surface area contributed by atoms with Gasteiger partial charge >= 0.3 is 6.03 Å². The second-order valence-electron chi connectivity index (χ2n) is 5.08. The quantitative estimate of drug-likeness (QED) is 0.850. The summed E-state index contributed by atoms with van der Waals surface area (Å²) in [6, 6.07) is 13.9. The Kier molecular flexibility index (Phi) is 3.59. The van der Waals surface area contributed by atoms with Crippen LogP contribution in [0.2, 0.25) is 10.0 Å². The van der Waals surface area contributed by atoms with E-state index in [9.17, 15) is 9.59 Å². The summed E-state index contributed by atoms with van der Waals surface area (Å²) in [4.78, 5) is 26.1. The third-order valence-corrected chi connectivity index (χ3v) is 4.39. The lowest BCUT2D eigenvalue weighted by atomic mass is 9.92. The number of carbonyl (C=O) groups is 2. The standard InChI is InChI=1S/C16H11Cl2N2O2/c1-16(10-5-3-2-4-6-10)14(21)20(15(22)19-16)11-7-8-12(17)13(18)9-11/h3-9H,1H3,(H,19,22). The molecule has 1 atom stereocenters. The largest absolute Gasteiger partial charge is 0.329 e. The molecule has 6 heteroatoms. The number of amides is 3. The highest BCUT2D eigenvalue weighted by atomic mass is 35.5. The van der Waals surface area contributed by atoms with E-state index in [1.165, 1.54) is 6.07 Å². The van der Waals surface area contributed by atoms with Gasteiger partial charge in [-0.15, -0.1) is 0 Å². The number of imide groups is 1. The Bertz CT molecular complexity index is 764. The minimum atomic E-state index is -1.13. The number of rotatable bonds is 2. The van der Waals surface area contributed by atoms with E-state index in [0.717, 1.165) is 4.90 Å². The number of anilines is 1. The zero-order valence-electron chi connectivity index (χ0n) is 11.6. The summed E-state index contributed by atoms with van der Waals surface area (Å²) in [5.41, 5.74) is -0.0616. The van der Waals surface area contributed by atoms with Crippen LogP contribution < -0.4 is 10.2 Å². The van der Waals surface area contributed by atoms with Gasteiger partial charge < -0.3 is 5.32 Å². The first-order chi connectivity index (χ1) is 10.4. The van der Waals surface area contributed by atoms with Gasteiger partial charge in [0.15, 0.2) is 0 Å². The summed E-state index contributed by atoms with van der Waals surface area (Å²) in [6.07, 6.45) is 0. The summed E-state index contributed by atoms with van der Waals surface area (Å²) in [7, 11) is 0. The van der Waals surface area contributed by atoms with Crippen LogP contribution in [-0.2, 0) is 10.3 Å². The Morgan fingerprint density at radius 3 is 2.41 bits per heavy atom. The highest BCUT2D eigenvalue weighted by Crippen LogP contribution is 2.34. The molecule has 1 radical (unpaired) electrons. The Labute approximate surface area is 137 Å². The Balaban J connectivity index is 2.03. The van der Waals surface area contributed by atoms with Crippen LogP contribution in [0.25, 0.3) is 0 Å². The van der Waals surface area contributed by atoms with Crippen molar-refractivity contribution in [2.24, 2.45) is 0 Å². The number of benzene rings is 2. The molecule has 3 rings (SSSR count). The summed E-state index contributed by atoms with van der Waals surface area (Å²) < 4.78 is 0. The van der Waals surface area contributed by atoms with Crippen molar-refractivity contribution in [2.45, 2.75) is 12.5 Å². The molecule has 1 heterocycles. The molecule has 2 aromatic rings. The van der Waals surface area contributed by atoms with Crippen molar-refractivity contribution in [3.05, 3.63) is 64.1 Å². The fourth-order valence-corrected chi connectivity index (χ4v) is 2.71. The number of carbonyl (C=O) groups excluding carboxylic acids is 2. The minimum Gasteiger partial charge on any atom is -0.319 e. The SMILES string of the molecule is CC1(c2cc[c]cc2)NC(=O)N(c2ccc(Cl)c(Cl)c2)C1=O. The minimum absolute atomic E-state index is 0.280. The van der Waals surface area contributed by atoms with Crippen molar-refractivity contribution in [3.63, 3.8) is 0 Å². The lowest BCUT2D eigenvalue weighted by Crippen LogP contribution is -2.40. The number of halogens is 2. The molecule has 1 aliphatic heterocycles. The maximum Gasteiger partial charge on any atom is 0.329 e. The molecule has 0 aromatic heterocycles. The molecule has 3 amide bonds. The average molecular weight is 334 g/mol. The van der Waals surface area contributed by atoms with Crippen LogP contribution in [0.4, 0.5) is 10.5 Å². The fourth-order valence-electron chi connectivity index (χ4n) is 2.41. The van der Waals surface area contributed by atoms with Gasteiger partial charge in [0.25, 0.3) is 5.91 Å². The Morgan fingerprint density at radius 1 is 1.09 bits per heavy atom. The molecule has 2 aromatic carbocycles. The molecule has 1 N–H and O–H groups in total. The predicted molar refractivity (Wildman–Crippen MR) is 85.1 cm³/mol. The van der Waals surface area contributed by atoms with Gasteiger partial charge in [-0.2, -0.15) is 0 Å². The van der Waals surface area contributed by atoms with E-state index in [4.69, 9.17) is 23.2 Å². The van der Waals surface area contributed by atoms with Gasteiger partial charge in [-0.05, 0) is 36.8 Å². The molecular formula is C16H11Cl2N2O2. The average Bonchev–Trinajstić information content (AvgIpc) is 2.74. The van der Waals surface area contributed by atoms with Crippen molar-refractivity contribution in [1.82, 2.24) is 5.32 Å². The van der Waals surface area contributed by atoms with Crippen molar-refractivity contribution < 1.29 is 9.59 Å². The first-order valence-electron chi connectivity index (χ1n) is 6.52. The van der Waals surface area contributed by atoms with Gasteiger partial charge in [-0.3, -0.25) is 4.79 Å². The van der Waals surface area contributed by atoms with E-state index in [2.05, 4.69) is 11.4 Å². The van der Waals surface area contributed by atoms with E-state index >= 15 is 0 Å². The summed E-state index contributed by atoms with van der Waals surface area (Å²) in [5.74, 6) is -0.373. The molecule has 0 saturated carbocycles. The first-order valence-corrected chi connectivity index (χ1v) is 7.27. The van der Waals surface area contributed by atoms with Crippen LogP contribution in [-0.4, -0.2) is 11.9 Å². The third kappa shape index (κ3) is 2.25. The molecule has 0 aliphatic carbocycles. The van der Waals surface area contributed by atoms with Crippen LogP contribution >= 0.6 is 23.2 Å². The predicted octanol–water partition coefficient (Wildman–Crippen LogP) is 3.77. The van der Waals surface area contributed by atoms with Crippen LogP contribution in [0.5, 0.6) is 0 Å². The molecule has 4 nitrogen and oxygen atoms in total. The topological polar surface area (TPSA) is 49.4 Å². The molecule has 0 bridgehead atoms. The Hall–Kier alpha value is -2.04. The number of hydrogen-bond donors (Lipinski definition) is 1. The second kappa shape index (κ2) is 5.30. The van der Waals surface area contributed by atoms with Gasteiger partial charge in [0.05, 0.1) is 15.7 Å². The van der Waals surface area contributed by atoms with Crippen molar-refractivity contribution >= 4 is 40.8 Å². The molecule has 1 aliphatic rings. The van der Waals surface area contributed by atoms with E-state index in [0.29, 0.717) is 16.3 Å². The lowest BCUT2D eigenvalue weighted by Gasteiger charge is -2.22. The summed E-state index contributed by atoms with van der Waals surface area (Å²) >= 11 is 11.8. The number of urea groups is 1. The molecule has 1 saturated heterocycles. The number of hydrogen-bond acceptors (Lipinski definition) is 2. The molecule has 1 unspecified atom stereocenters. The third-order valence-electron chi connectivity index (χ3n) is 3.65. The Morgan fingerprint density at radius 2 is 1.77 bits per heavy atom. The zero-order chi connectivity index (χ0) is 15.9. The van der Waals surface area contributed by atoms with Gasteiger partial charge in [0, 0.05) is 0 Å². The fraction of sp³-hybridized carbons (Fsp3) is 0.125. The number of nitrogens with zero attached hydrogens (tertiary/aromatic N) is 1. The van der Waals surface area contributed by atoms with Crippen LogP contribution in [0.3, 0.4) is 0 Å². The van der Waals surface area contributed by atoms with E-state index in [1.54, 1.807) is 43.3 Å². The van der Waals surface area contributed by atoms with Crippen LogP contribution in [0.1, 0.15) is 12.5 Å². The van der Waals surface area contributed by atoms with Gasteiger partial charge in [0.2, 0.25) is 0 Å². The highest BCUT2D eigenvalue weighted by molar-refractivity contribution is 6.42. The normalized spacial score (nSPS) is 21.1. The molecule has 22 heavy (non-hydrogen) atoms. The summed E-state index contributed by atoms with van der Waals surface area (Å²) in [5, 5.41) is 3.37.